The third-order valence-corrected chi connectivity index (χ3v) is 6.08. The van der Waals surface area contributed by atoms with Crippen molar-refractivity contribution in [3.8, 4) is 22.0 Å². The molecule has 4 rings (SSSR count). The standard InChI is InChI=1S/C19H14ClF2N5OS/c1-27-17(24-25-26-27)11-2-4-12(5-3-11)18-23-9-16(29-18)19(28,10-20)14-7-6-13(21)8-15(14)22/h2-9,28H,10H2,1H3. The molecule has 0 bridgehead atoms. The lowest BCUT2D eigenvalue weighted by atomic mass is 9.94. The van der Waals surface area contributed by atoms with E-state index in [2.05, 4.69) is 20.5 Å². The lowest BCUT2D eigenvalue weighted by Crippen LogP contribution is -2.29. The van der Waals surface area contributed by atoms with Crippen molar-refractivity contribution in [3.63, 3.8) is 0 Å². The Hall–Kier alpha value is -2.75. The molecule has 0 aliphatic carbocycles. The van der Waals surface area contributed by atoms with E-state index in [4.69, 9.17) is 11.6 Å². The highest BCUT2D eigenvalue weighted by atomic mass is 35.5. The van der Waals surface area contributed by atoms with Gasteiger partial charge < -0.3 is 5.11 Å². The van der Waals surface area contributed by atoms with Gasteiger partial charge in [0.25, 0.3) is 0 Å². The zero-order valence-electron chi connectivity index (χ0n) is 15.1. The van der Waals surface area contributed by atoms with Crippen LogP contribution in [0.2, 0.25) is 0 Å². The summed E-state index contributed by atoms with van der Waals surface area (Å²) in [5.74, 6) is -1.29. The zero-order valence-corrected chi connectivity index (χ0v) is 16.6. The maximum absolute atomic E-state index is 14.3. The molecule has 4 aromatic rings. The Labute approximate surface area is 173 Å². The molecular formula is C19H14ClF2N5OS. The van der Waals surface area contributed by atoms with Gasteiger partial charge in [0.05, 0.1) is 10.8 Å². The predicted octanol–water partition coefficient (Wildman–Crippen LogP) is 3.75. The quantitative estimate of drug-likeness (QED) is 0.485. The van der Waals surface area contributed by atoms with Crippen LogP contribution in [0.15, 0.2) is 48.7 Å². The first-order chi connectivity index (χ1) is 13.9. The lowest BCUT2D eigenvalue weighted by Gasteiger charge is -2.25. The number of rotatable bonds is 5. The van der Waals surface area contributed by atoms with E-state index in [1.165, 1.54) is 23.6 Å². The molecule has 2 heterocycles. The largest absolute Gasteiger partial charge is 0.378 e. The summed E-state index contributed by atoms with van der Waals surface area (Å²) in [6.45, 7) is 0. The van der Waals surface area contributed by atoms with Crippen molar-refractivity contribution in [3.05, 3.63) is 70.7 Å². The first kappa shape index (κ1) is 19.6. The Balaban J connectivity index is 1.67. The molecule has 0 saturated carbocycles. The van der Waals surface area contributed by atoms with Crippen molar-refractivity contribution in [1.82, 2.24) is 25.2 Å². The molecule has 0 amide bonds. The van der Waals surface area contributed by atoms with Crippen LogP contribution in [0.1, 0.15) is 10.4 Å². The van der Waals surface area contributed by atoms with Gasteiger partial charge in [-0.25, -0.2) is 18.4 Å². The Morgan fingerprint density at radius 1 is 1.14 bits per heavy atom. The van der Waals surface area contributed by atoms with Gasteiger partial charge in [-0.15, -0.1) is 28.0 Å². The average molecular weight is 434 g/mol. The van der Waals surface area contributed by atoms with Gasteiger partial charge in [-0.1, -0.05) is 24.3 Å². The Bertz CT molecular complexity index is 1160. The second-order valence-electron chi connectivity index (χ2n) is 6.35. The number of aryl methyl sites for hydroxylation is 1. The minimum absolute atomic E-state index is 0.103. The fourth-order valence-electron chi connectivity index (χ4n) is 2.93. The third-order valence-electron chi connectivity index (χ3n) is 4.49. The van der Waals surface area contributed by atoms with Gasteiger partial charge in [0.15, 0.2) is 5.82 Å². The molecular weight excluding hydrogens is 420 g/mol. The van der Waals surface area contributed by atoms with Gasteiger partial charge in [0.1, 0.15) is 22.2 Å². The van der Waals surface area contributed by atoms with Crippen LogP contribution in [0.3, 0.4) is 0 Å². The third kappa shape index (κ3) is 3.52. The van der Waals surface area contributed by atoms with Crippen LogP contribution in [-0.2, 0) is 12.6 Å². The first-order valence-electron chi connectivity index (χ1n) is 8.45. The molecule has 2 aromatic heterocycles. The Kier molecular flexibility index (Phi) is 5.12. The summed E-state index contributed by atoms with van der Waals surface area (Å²) in [7, 11) is 1.75. The molecule has 1 atom stereocenters. The second kappa shape index (κ2) is 7.58. The first-order valence-corrected chi connectivity index (χ1v) is 9.81. The van der Waals surface area contributed by atoms with Crippen molar-refractivity contribution in [2.45, 2.75) is 5.60 Å². The highest BCUT2D eigenvalue weighted by molar-refractivity contribution is 7.15. The zero-order chi connectivity index (χ0) is 20.6. The van der Waals surface area contributed by atoms with Gasteiger partial charge in [-0.2, -0.15) is 0 Å². The van der Waals surface area contributed by atoms with E-state index in [1.807, 2.05) is 24.3 Å². The van der Waals surface area contributed by atoms with Crippen molar-refractivity contribution in [1.29, 1.82) is 0 Å². The number of alkyl halides is 1. The second-order valence-corrected chi connectivity index (χ2v) is 7.65. The van der Waals surface area contributed by atoms with Crippen molar-refractivity contribution < 1.29 is 13.9 Å². The van der Waals surface area contributed by atoms with Crippen LogP contribution in [-0.4, -0.2) is 36.2 Å². The summed E-state index contributed by atoms with van der Waals surface area (Å²) in [6, 6.07) is 10.4. The van der Waals surface area contributed by atoms with E-state index in [-0.39, 0.29) is 11.4 Å². The van der Waals surface area contributed by atoms with Crippen LogP contribution >= 0.6 is 22.9 Å². The minimum Gasteiger partial charge on any atom is -0.378 e. The lowest BCUT2D eigenvalue weighted by molar-refractivity contribution is 0.105. The Morgan fingerprint density at radius 3 is 2.48 bits per heavy atom. The molecule has 0 fully saturated rings. The number of hydrogen-bond donors (Lipinski definition) is 1. The number of nitrogens with zero attached hydrogens (tertiary/aromatic N) is 5. The summed E-state index contributed by atoms with van der Waals surface area (Å²) < 4.78 is 29.1. The molecule has 1 unspecified atom stereocenters. The fourth-order valence-corrected chi connectivity index (χ4v) is 4.32. The Morgan fingerprint density at radius 2 is 1.86 bits per heavy atom. The monoisotopic (exact) mass is 433 g/mol. The van der Waals surface area contributed by atoms with Crippen LogP contribution in [0.25, 0.3) is 22.0 Å². The van der Waals surface area contributed by atoms with E-state index in [0.717, 1.165) is 23.3 Å². The number of hydrogen-bond acceptors (Lipinski definition) is 6. The molecule has 2 aromatic carbocycles. The van der Waals surface area contributed by atoms with Crippen molar-refractivity contribution in [2.75, 3.05) is 5.88 Å². The van der Waals surface area contributed by atoms with Gasteiger partial charge in [-0.05, 0) is 22.6 Å². The van der Waals surface area contributed by atoms with Gasteiger partial charge >= 0.3 is 0 Å². The number of tetrazole rings is 1. The molecule has 0 saturated heterocycles. The summed E-state index contributed by atoms with van der Waals surface area (Å²) in [4.78, 5) is 4.70. The molecule has 0 aliphatic heterocycles. The topological polar surface area (TPSA) is 76.7 Å². The number of benzene rings is 2. The van der Waals surface area contributed by atoms with Crippen LogP contribution < -0.4 is 0 Å². The molecule has 29 heavy (non-hydrogen) atoms. The highest BCUT2D eigenvalue weighted by Gasteiger charge is 2.36. The van der Waals surface area contributed by atoms with Crippen LogP contribution in [0, 0.1) is 11.6 Å². The van der Waals surface area contributed by atoms with Gasteiger partial charge in [-0.3, -0.25) is 0 Å². The molecule has 148 valence electrons. The molecule has 1 N–H and O–H groups in total. The summed E-state index contributed by atoms with van der Waals surface area (Å²) in [6.07, 6.45) is 1.45. The maximum Gasteiger partial charge on any atom is 0.181 e. The maximum atomic E-state index is 14.3. The number of halogens is 3. The van der Waals surface area contributed by atoms with Gasteiger partial charge in [0.2, 0.25) is 0 Å². The normalized spacial score (nSPS) is 13.4. The van der Waals surface area contributed by atoms with E-state index in [1.54, 1.807) is 11.7 Å². The van der Waals surface area contributed by atoms with E-state index in [0.29, 0.717) is 15.7 Å². The number of thiazole rings is 1. The summed E-state index contributed by atoms with van der Waals surface area (Å²) in [5.41, 5.74) is -0.283. The van der Waals surface area contributed by atoms with Crippen LogP contribution in [0.5, 0.6) is 0 Å². The average Bonchev–Trinajstić information content (AvgIpc) is 3.37. The smallest absolute Gasteiger partial charge is 0.181 e. The molecule has 6 nitrogen and oxygen atoms in total. The SMILES string of the molecule is Cn1nnnc1-c1ccc(-c2ncc(C(O)(CCl)c3ccc(F)cc3F)s2)cc1. The van der Waals surface area contributed by atoms with Crippen LogP contribution in [0.4, 0.5) is 8.78 Å². The van der Waals surface area contributed by atoms with Gasteiger partial charge in [0, 0.05) is 36.0 Å². The predicted molar refractivity (Wildman–Crippen MR) is 105 cm³/mol. The number of aliphatic hydroxyl groups is 1. The molecule has 0 spiro atoms. The summed E-state index contributed by atoms with van der Waals surface area (Å²) in [5, 5.41) is 23.1. The minimum atomic E-state index is -1.82. The van der Waals surface area contributed by atoms with Crippen molar-refractivity contribution >= 4 is 22.9 Å². The highest BCUT2D eigenvalue weighted by Crippen LogP contribution is 2.38. The molecule has 10 heteroatoms. The van der Waals surface area contributed by atoms with Crippen molar-refractivity contribution in [2.24, 2.45) is 7.05 Å². The molecule has 0 radical (unpaired) electrons. The van der Waals surface area contributed by atoms with E-state index >= 15 is 0 Å². The number of aromatic nitrogens is 5. The fraction of sp³-hybridized carbons (Fsp3) is 0.158. The summed E-state index contributed by atoms with van der Waals surface area (Å²) >= 11 is 7.17. The van der Waals surface area contributed by atoms with E-state index in [9.17, 15) is 13.9 Å². The molecule has 0 aliphatic rings. The van der Waals surface area contributed by atoms with E-state index < -0.39 is 17.2 Å².